The first-order valence-corrected chi connectivity index (χ1v) is 3.48. The summed E-state index contributed by atoms with van der Waals surface area (Å²) in [6, 6.07) is 0. The zero-order valence-corrected chi connectivity index (χ0v) is 6.65. The number of halogens is 3. The van der Waals surface area contributed by atoms with Crippen LogP contribution in [0.15, 0.2) is 4.42 Å². The van der Waals surface area contributed by atoms with E-state index in [-0.39, 0.29) is 0 Å². The Balaban J connectivity index is 2.64. The van der Waals surface area contributed by atoms with Crippen LogP contribution in [0.2, 0.25) is 0 Å². The number of nitrogens with zero attached hydrogens (tertiary/aromatic N) is 2. The Morgan fingerprint density at radius 1 is 1.43 bits per heavy atom. The molecule has 1 aromatic heterocycles. The summed E-state index contributed by atoms with van der Waals surface area (Å²) in [6.45, 7) is 0. The summed E-state index contributed by atoms with van der Waals surface area (Å²) in [5.74, 6) is -2.70. The van der Waals surface area contributed by atoms with E-state index >= 15 is 0 Å². The third kappa shape index (κ3) is 2.44. The molecule has 0 aliphatic rings. The molecule has 1 atom stereocenters. The van der Waals surface area contributed by atoms with E-state index in [0.29, 0.717) is 0 Å². The van der Waals surface area contributed by atoms with Gasteiger partial charge in [-0.05, 0) is 0 Å². The number of hydrogen-bond donors (Lipinski definition) is 1. The second kappa shape index (κ2) is 4.07. The van der Waals surface area contributed by atoms with Crippen LogP contribution in [0, 0.1) is 0 Å². The van der Waals surface area contributed by atoms with Crippen LogP contribution in [0.4, 0.5) is 13.2 Å². The second-order valence-electron chi connectivity index (χ2n) is 2.36. The monoisotopic (exact) mass is 210 g/mol. The highest BCUT2D eigenvalue weighted by Crippen LogP contribution is 2.11. The molecular formula is C6H5F3N2O3. The van der Waals surface area contributed by atoms with Gasteiger partial charge in [-0.25, -0.2) is 18.0 Å². The molecule has 0 saturated carbocycles. The van der Waals surface area contributed by atoms with Crippen molar-refractivity contribution in [1.82, 2.24) is 10.2 Å². The van der Waals surface area contributed by atoms with Crippen LogP contribution in [0.25, 0.3) is 0 Å². The SMILES string of the molecule is O=C(O)c1nnc(CC(F)C(F)F)o1. The fourth-order valence-corrected chi connectivity index (χ4v) is 0.678. The molecule has 0 saturated heterocycles. The average molecular weight is 210 g/mol. The molecule has 0 aromatic carbocycles. The Kier molecular flexibility index (Phi) is 3.05. The van der Waals surface area contributed by atoms with E-state index in [4.69, 9.17) is 5.11 Å². The number of carboxylic acid groups (broad SMARTS) is 1. The lowest BCUT2D eigenvalue weighted by Gasteiger charge is -2.01. The van der Waals surface area contributed by atoms with Crippen LogP contribution < -0.4 is 0 Å². The van der Waals surface area contributed by atoms with Gasteiger partial charge in [0, 0.05) is 0 Å². The minimum absolute atomic E-state index is 0.463. The lowest BCUT2D eigenvalue weighted by atomic mass is 10.3. The van der Waals surface area contributed by atoms with Crippen molar-refractivity contribution in [3.63, 3.8) is 0 Å². The van der Waals surface area contributed by atoms with Gasteiger partial charge in [-0.3, -0.25) is 0 Å². The minimum atomic E-state index is -3.16. The van der Waals surface area contributed by atoms with Gasteiger partial charge < -0.3 is 9.52 Å². The zero-order chi connectivity index (χ0) is 10.7. The molecule has 1 heterocycles. The van der Waals surface area contributed by atoms with Crippen molar-refractivity contribution in [2.45, 2.75) is 19.0 Å². The summed E-state index contributed by atoms with van der Waals surface area (Å²) < 4.78 is 40.2. The molecule has 8 heteroatoms. The molecule has 0 aliphatic carbocycles. The van der Waals surface area contributed by atoms with Gasteiger partial charge in [0.1, 0.15) is 0 Å². The van der Waals surface area contributed by atoms with Crippen LogP contribution in [-0.2, 0) is 6.42 Å². The quantitative estimate of drug-likeness (QED) is 0.799. The maximum Gasteiger partial charge on any atom is 0.393 e. The smallest absolute Gasteiger partial charge is 0.393 e. The van der Waals surface area contributed by atoms with Gasteiger partial charge in [0.05, 0.1) is 6.42 Å². The summed E-state index contributed by atoms with van der Waals surface area (Å²) >= 11 is 0. The predicted octanol–water partition coefficient (Wildman–Crippen LogP) is 0.913. The summed E-state index contributed by atoms with van der Waals surface area (Å²) in [4.78, 5) is 10.2. The maximum absolute atomic E-state index is 12.4. The Morgan fingerprint density at radius 3 is 2.50 bits per heavy atom. The highest BCUT2D eigenvalue weighted by molar-refractivity contribution is 5.81. The summed E-state index contributed by atoms with van der Waals surface area (Å²) in [6.07, 6.45) is -6.38. The number of carbonyl (C=O) groups is 1. The molecular weight excluding hydrogens is 205 g/mol. The fraction of sp³-hybridized carbons (Fsp3) is 0.500. The molecule has 1 rings (SSSR count). The van der Waals surface area contributed by atoms with Gasteiger partial charge in [0.2, 0.25) is 5.89 Å². The highest BCUT2D eigenvalue weighted by Gasteiger charge is 2.23. The number of alkyl halides is 3. The molecule has 0 amide bonds. The van der Waals surface area contributed by atoms with Gasteiger partial charge in [-0.15, -0.1) is 10.2 Å². The molecule has 0 bridgehead atoms. The predicted molar refractivity (Wildman–Crippen MR) is 35.9 cm³/mol. The van der Waals surface area contributed by atoms with Crippen molar-refractivity contribution < 1.29 is 27.5 Å². The van der Waals surface area contributed by atoms with E-state index in [1.54, 1.807) is 0 Å². The first-order chi connectivity index (χ1) is 6.50. The Labute approximate surface area is 75.5 Å². The number of aromatic nitrogens is 2. The molecule has 0 spiro atoms. The van der Waals surface area contributed by atoms with Crippen molar-refractivity contribution in [3.05, 3.63) is 11.8 Å². The number of aromatic carboxylic acids is 1. The molecule has 1 aromatic rings. The Hall–Kier alpha value is -1.60. The second-order valence-corrected chi connectivity index (χ2v) is 2.36. The van der Waals surface area contributed by atoms with Crippen molar-refractivity contribution in [1.29, 1.82) is 0 Å². The molecule has 5 nitrogen and oxygen atoms in total. The topological polar surface area (TPSA) is 76.2 Å². The van der Waals surface area contributed by atoms with E-state index in [9.17, 15) is 18.0 Å². The number of rotatable bonds is 4. The molecule has 0 radical (unpaired) electrons. The minimum Gasteiger partial charge on any atom is -0.474 e. The lowest BCUT2D eigenvalue weighted by molar-refractivity contribution is 0.0463. The first kappa shape index (κ1) is 10.5. The van der Waals surface area contributed by atoms with E-state index in [2.05, 4.69) is 14.6 Å². The normalized spacial score (nSPS) is 13.1. The standard InChI is InChI=1S/C6H5F3N2O3/c7-2(4(8)9)1-3-10-11-5(14-3)6(12)13/h2,4H,1H2,(H,12,13). The molecule has 78 valence electrons. The third-order valence-electron chi connectivity index (χ3n) is 1.29. The summed E-state index contributed by atoms with van der Waals surface area (Å²) in [5, 5.41) is 14.4. The van der Waals surface area contributed by atoms with Crippen molar-refractivity contribution >= 4 is 5.97 Å². The van der Waals surface area contributed by atoms with Crippen LogP contribution in [0.3, 0.4) is 0 Å². The zero-order valence-electron chi connectivity index (χ0n) is 6.65. The molecule has 0 fully saturated rings. The van der Waals surface area contributed by atoms with Crippen LogP contribution in [-0.4, -0.2) is 33.9 Å². The Bertz CT molecular complexity index is 328. The highest BCUT2D eigenvalue weighted by atomic mass is 19.3. The van der Waals surface area contributed by atoms with Crippen molar-refractivity contribution in [3.8, 4) is 0 Å². The van der Waals surface area contributed by atoms with Crippen molar-refractivity contribution in [2.24, 2.45) is 0 Å². The van der Waals surface area contributed by atoms with Crippen molar-refractivity contribution in [2.75, 3.05) is 0 Å². The fourth-order valence-electron chi connectivity index (χ4n) is 0.678. The maximum atomic E-state index is 12.4. The van der Waals surface area contributed by atoms with Crippen LogP contribution in [0.5, 0.6) is 0 Å². The number of carboxylic acids is 1. The summed E-state index contributed by atoms with van der Waals surface area (Å²) in [5.41, 5.74) is 0. The molecule has 1 unspecified atom stereocenters. The first-order valence-electron chi connectivity index (χ1n) is 3.48. The number of hydrogen-bond acceptors (Lipinski definition) is 4. The average Bonchev–Trinajstić information content (AvgIpc) is 2.52. The molecule has 0 aliphatic heterocycles. The van der Waals surface area contributed by atoms with Gasteiger partial charge in [0.15, 0.2) is 6.17 Å². The van der Waals surface area contributed by atoms with E-state index in [0.717, 1.165) is 0 Å². The van der Waals surface area contributed by atoms with Crippen LogP contribution in [0.1, 0.15) is 16.6 Å². The lowest BCUT2D eigenvalue weighted by Crippen LogP contribution is -2.15. The van der Waals surface area contributed by atoms with Gasteiger partial charge in [-0.1, -0.05) is 0 Å². The Morgan fingerprint density at radius 2 is 2.07 bits per heavy atom. The van der Waals surface area contributed by atoms with E-state index < -0.39 is 36.8 Å². The van der Waals surface area contributed by atoms with Gasteiger partial charge >= 0.3 is 11.9 Å². The van der Waals surface area contributed by atoms with Gasteiger partial charge in [0.25, 0.3) is 6.43 Å². The van der Waals surface area contributed by atoms with Gasteiger partial charge in [-0.2, -0.15) is 0 Å². The third-order valence-corrected chi connectivity index (χ3v) is 1.29. The molecule has 14 heavy (non-hydrogen) atoms. The molecule has 1 N–H and O–H groups in total. The largest absolute Gasteiger partial charge is 0.474 e. The summed E-state index contributed by atoms with van der Waals surface area (Å²) in [7, 11) is 0. The van der Waals surface area contributed by atoms with Crippen LogP contribution >= 0.6 is 0 Å². The van der Waals surface area contributed by atoms with E-state index in [1.165, 1.54) is 0 Å². The van der Waals surface area contributed by atoms with E-state index in [1.807, 2.05) is 0 Å².